The van der Waals surface area contributed by atoms with E-state index in [4.69, 9.17) is 18.9 Å². The van der Waals surface area contributed by atoms with Crippen molar-refractivity contribution in [3.63, 3.8) is 0 Å². The number of esters is 1. The van der Waals surface area contributed by atoms with Crippen molar-refractivity contribution in [2.24, 2.45) is 11.8 Å². The minimum atomic E-state index is -1.39. The summed E-state index contributed by atoms with van der Waals surface area (Å²) in [6.45, 7) is 3.63. The number of aliphatic hydroxyl groups is 1. The van der Waals surface area contributed by atoms with Crippen LogP contribution in [0.5, 0.6) is 0 Å². The summed E-state index contributed by atoms with van der Waals surface area (Å²) in [4.78, 5) is 61.4. The van der Waals surface area contributed by atoms with Crippen LogP contribution in [0, 0.1) is 11.8 Å². The van der Waals surface area contributed by atoms with Crippen LogP contribution in [-0.4, -0.2) is 140 Å². The number of hydrogen-bond acceptors (Lipinski definition) is 10. The van der Waals surface area contributed by atoms with Crippen molar-refractivity contribution in [2.75, 3.05) is 72.8 Å². The van der Waals surface area contributed by atoms with Crippen LogP contribution in [0.2, 0.25) is 0 Å². The topological polar surface area (TPSA) is 147 Å². The van der Waals surface area contributed by atoms with Gasteiger partial charge in [0.05, 0.1) is 44.5 Å². The van der Waals surface area contributed by atoms with Gasteiger partial charge >= 0.3 is 5.97 Å². The number of hydrogen-bond donors (Lipinski definition) is 2. The quantitative estimate of drug-likeness (QED) is 0.292. The number of rotatable bonds is 8. The molecule has 0 aromatic heterocycles. The van der Waals surface area contributed by atoms with Gasteiger partial charge in [0.15, 0.2) is 0 Å². The van der Waals surface area contributed by atoms with Crippen LogP contribution in [0.1, 0.15) is 24.5 Å². The summed E-state index contributed by atoms with van der Waals surface area (Å²) in [6, 6.07) is 7.30. The van der Waals surface area contributed by atoms with Crippen LogP contribution in [0.4, 0.5) is 0 Å². The fraction of sp³-hybridized carbons (Fsp3) is 0.588. The molecule has 1 aromatic carbocycles. The molecule has 0 saturated carbocycles. The summed E-state index contributed by atoms with van der Waals surface area (Å²) < 4.78 is 23.6. The second-order valence-electron chi connectivity index (χ2n) is 12.6. The van der Waals surface area contributed by atoms with Crippen molar-refractivity contribution >= 4 is 23.7 Å². The zero-order valence-electron chi connectivity index (χ0n) is 26.7. The fourth-order valence-electron chi connectivity index (χ4n) is 7.54. The number of aliphatic hydroxyl groups excluding tert-OH is 1. The molecule has 0 aliphatic carbocycles. The Hall–Kier alpha value is -3.62. The predicted molar refractivity (Wildman–Crippen MR) is 168 cm³/mol. The summed E-state index contributed by atoms with van der Waals surface area (Å²) in [5.74, 6) is -3.73. The van der Waals surface area contributed by atoms with Crippen molar-refractivity contribution in [1.82, 2.24) is 20.0 Å². The Balaban J connectivity index is 1.37. The van der Waals surface area contributed by atoms with Crippen LogP contribution in [0.25, 0.3) is 0 Å². The number of methoxy groups -OCH3 is 1. The van der Waals surface area contributed by atoms with E-state index in [1.54, 1.807) is 29.2 Å². The van der Waals surface area contributed by atoms with Gasteiger partial charge in [-0.2, -0.15) is 0 Å². The number of cyclic esters (lactones) is 1. The number of ether oxygens (including phenoxy) is 4. The molecule has 7 atom stereocenters. The number of nitrogens with one attached hydrogen (secondary N) is 1. The van der Waals surface area contributed by atoms with E-state index in [-0.39, 0.29) is 44.5 Å². The van der Waals surface area contributed by atoms with Crippen molar-refractivity contribution in [3.8, 4) is 0 Å². The van der Waals surface area contributed by atoms with Crippen LogP contribution < -0.4 is 5.32 Å². The first kappa shape index (κ1) is 33.3. The lowest BCUT2D eigenvalue weighted by molar-refractivity contribution is -0.162. The molecule has 1 aromatic rings. The Bertz CT molecular complexity index is 1370. The Morgan fingerprint density at radius 2 is 1.81 bits per heavy atom. The van der Waals surface area contributed by atoms with E-state index >= 15 is 0 Å². The lowest BCUT2D eigenvalue weighted by Crippen LogP contribution is -2.57. The average Bonchev–Trinajstić information content (AvgIpc) is 3.72. The molecule has 5 aliphatic heterocycles. The Kier molecular flexibility index (Phi) is 10.4. The minimum Gasteiger partial charge on any atom is -0.455 e. The van der Waals surface area contributed by atoms with Crippen molar-refractivity contribution < 1.29 is 43.2 Å². The van der Waals surface area contributed by atoms with Crippen LogP contribution in [0.15, 0.2) is 54.6 Å². The van der Waals surface area contributed by atoms with E-state index in [0.29, 0.717) is 38.3 Å². The second-order valence-corrected chi connectivity index (χ2v) is 12.6. The second kappa shape index (κ2) is 14.7. The van der Waals surface area contributed by atoms with Gasteiger partial charge in [-0.1, -0.05) is 54.6 Å². The molecule has 1 spiro atoms. The van der Waals surface area contributed by atoms with Gasteiger partial charge in [-0.25, -0.2) is 0 Å². The van der Waals surface area contributed by atoms with Gasteiger partial charge in [0, 0.05) is 52.8 Å². The molecule has 0 radical (unpaired) electrons. The molecule has 13 heteroatoms. The van der Waals surface area contributed by atoms with Crippen LogP contribution >= 0.6 is 0 Å². The molecule has 5 heterocycles. The largest absolute Gasteiger partial charge is 0.455 e. The van der Waals surface area contributed by atoms with Crippen LogP contribution in [-0.2, 0) is 38.1 Å². The molecule has 0 unspecified atom stereocenters. The number of likely N-dealkylation sites (tertiary alicyclic amines) is 1. The Morgan fingerprint density at radius 3 is 2.55 bits per heavy atom. The number of morpholine rings is 1. The van der Waals surface area contributed by atoms with E-state index in [2.05, 4.69) is 10.2 Å². The molecule has 3 saturated heterocycles. The summed E-state index contributed by atoms with van der Waals surface area (Å²) in [7, 11) is 1.51. The standard InChI is InChI=1S/C34H44N4O9/c1-44-22-24-29(23-8-4-2-5-9-23)46-33(43)27-25-11-12-34(47-25)28(27)31(41)38(16-19-39)30(34)32(42)37(13-7-3-6-10-26(40)35-24)15-14-36-17-20-45-21-18-36/h2-5,7-9,11-12,24-25,27-30,39H,6,10,13-22H2,1H3,(H,35,40)/b7-3-/t24-,25+,27-,28-,29-,30+,34-/m0/s1. The minimum absolute atomic E-state index is 0.0736. The fourth-order valence-corrected chi connectivity index (χ4v) is 7.54. The molecule has 13 nitrogen and oxygen atoms in total. The molecule has 254 valence electrons. The molecule has 5 bridgehead atoms. The first-order valence-electron chi connectivity index (χ1n) is 16.4. The third kappa shape index (κ3) is 6.59. The maximum Gasteiger partial charge on any atom is 0.313 e. The van der Waals surface area contributed by atoms with E-state index in [9.17, 15) is 24.3 Å². The number of fused-ring (bicyclic) bond motifs is 2. The number of allylic oxidation sites excluding steroid dienone is 1. The molecule has 47 heavy (non-hydrogen) atoms. The third-order valence-electron chi connectivity index (χ3n) is 9.78. The molecule has 5 aliphatic rings. The van der Waals surface area contributed by atoms with E-state index in [0.717, 1.165) is 13.1 Å². The highest BCUT2D eigenvalue weighted by atomic mass is 16.6. The van der Waals surface area contributed by atoms with E-state index in [1.807, 2.05) is 30.4 Å². The number of nitrogens with zero attached hydrogens (tertiary/aromatic N) is 3. The molecule has 6 rings (SSSR count). The molecule has 3 fully saturated rings. The predicted octanol–water partition coefficient (Wildman–Crippen LogP) is 0.0558. The first-order valence-corrected chi connectivity index (χ1v) is 16.4. The number of β-amino-alcohol motifs (C(OH)–C–C–N with tert-alkyl or cyclic N) is 1. The number of carbonyl (C=O) groups is 4. The SMILES string of the molecule is COC[C@@H]1NC(=O)CC/C=C\CN(CCN2CCOCC2)C(=O)[C@H]2N(CCO)C(=O)[C@@H]3[C@@H](C(=O)O[C@H]1c1ccccc1)[C@H]1C=C[C@]32O1. The highest BCUT2D eigenvalue weighted by Crippen LogP contribution is 2.55. The number of carbonyl (C=O) groups excluding carboxylic acids is 4. The molecular weight excluding hydrogens is 608 g/mol. The summed E-state index contributed by atoms with van der Waals surface area (Å²) in [6.07, 6.45) is 6.12. The van der Waals surface area contributed by atoms with E-state index < -0.39 is 53.6 Å². The van der Waals surface area contributed by atoms with Gasteiger partial charge in [-0.3, -0.25) is 24.1 Å². The van der Waals surface area contributed by atoms with Crippen molar-refractivity contribution in [1.29, 1.82) is 0 Å². The van der Waals surface area contributed by atoms with E-state index in [1.165, 1.54) is 12.0 Å². The summed E-state index contributed by atoms with van der Waals surface area (Å²) >= 11 is 0. The van der Waals surface area contributed by atoms with Gasteiger partial charge in [0.1, 0.15) is 23.7 Å². The zero-order chi connectivity index (χ0) is 33.0. The highest BCUT2D eigenvalue weighted by molar-refractivity contribution is 5.99. The zero-order valence-corrected chi connectivity index (χ0v) is 26.7. The number of amides is 3. The van der Waals surface area contributed by atoms with Crippen LogP contribution in [0.3, 0.4) is 0 Å². The maximum atomic E-state index is 14.6. The lowest BCUT2D eigenvalue weighted by atomic mass is 9.74. The first-order chi connectivity index (χ1) is 22.9. The summed E-state index contributed by atoms with van der Waals surface area (Å²) in [5.41, 5.74) is -0.742. The smallest absolute Gasteiger partial charge is 0.313 e. The normalized spacial score (nSPS) is 34.0. The summed E-state index contributed by atoms with van der Waals surface area (Å²) in [5, 5.41) is 13.0. The Labute approximate surface area is 274 Å². The van der Waals surface area contributed by atoms with Gasteiger partial charge in [-0.15, -0.1) is 0 Å². The maximum absolute atomic E-state index is 14.6. The lowest BCUT2D eigenvalue weighted by Gasteiger charge is -2.36. The Morgan fingerprint density at radius 1 is 1.02 bits per heavy atom. The van der Waals surface area contributed by atoms with Gasteiger partial charge in [0.25, 0.3) is 0 Å². The van der Waals surface area contributed by atoms with Crippen molar-refractivity contribution in [2.45, 2.75) is 42.7 Å². The monoisotopic (exact) mass is 652 g/mol. The third-order valence-corrected chi connectivity index (χ3v) is 9.78. The van der Waals surface area contributed by atoms with Gasteiger partial charge < -0.3 is 39.2 Å². The highest BCUT2D eigenvalue weighted by Gasteiger charge is 2.73. The number of benzene rings is 1. The molecular formula is C34H44N4O9. The van der Waals surface area contributed by atoms with Crippen molar-refractivity contribution in [3.05, 3.63) is 60.2 Å². The van der Waals surface area contributed by atoms with Gasteiger partial charge in [0.2, 0.25) is 17.7 Å². The molecule has 2 N–H and O–H groups in total. The van der Waals surface area contributed by atoms with Gasteiger partial charge in [-0.05, 0) is 12.0 Å². The molecule has 3 amide bonds. The average molecular weight is 653 g/mol.